The molecule has 0 atom stereocenters. The zero-order valence-corrected chi connectivity index (χ0v) is 75.2. The normalized spacial score (nSPS) is 12.8. The SMILES string of the molecule is Clc1nc(-c2ccccc2)nc(-c2cccc(-c3cc(-c4ccccc4)cc(-c4ccccc4)c3)c2)n1.c1ccc(-c2cc(-c3ccccc3)cc(-c3cccc(-c4nc(-c5ccccc5)nc(-n5c6ccccc6c6ccc7c(c65)-c5ccccc5C75c6ccccc6-c6ccccc65)n4)c3)c2)cc1.c1ccc2c(c1)Cc1c-2ccc2c1-c1ccccc1C21c2ccccc2-c2ccccc21. The minimum absolute atomic E-state index is 0.173. The van der Waals surface area contributed by atoms with Gasteiger partial charge in [0.2, 0.25) is 11.2 Å². The van der Waals surface area contributed by atoms with Gasteiger partial charge in [0, 0.05) is 38.6 Å². The van der Waals surface area contributed by atoms with Gasteiger partial charge in [0.05, 0.1) is 21.9 Å². The smallest absolute Gasteiger partial charge is 0.238 e. The molecule has 0 amide bonds. The Kier molecular flexibility index (Phi) is 19.4. The summed E-state index contributed by atoms with van der Waals surface area (Å²) in [5.74, 6) is 2.89. The first kappa shape index (κ1) is 80.4. The monoisotopic (exact) mass is 1760 g/mol. The number of hydrogen-bond acceptors (Lipinski definition) is 6. The molecule has 640 valence electrons. The largest absolute Gasteiger partial charge is 0.277 e. The van der Waals surface area contributed by atoms with Gasteiger partial charge in [-0.15, -0.1) is 0 Å². The van der Waals surface area contributed by atoms with Crippen LogP contribution in [0.3, 0.4) is 0 Å². The van der Waals surface area contributed by atoms with Crippen LogP contribution in [0.15, 0.2) is 485 Å². The predicted octanol–water partition coefficient (Wildman–Crippen LogP) is 32.1. The van der Waals surface area contributed by atoms with E-state index in [0.717, 1.165) is 95.0 Å². The molecule has 0 bridgehead atoms. The van der Waals surface area contributed by atoms with Crippen LogP contribution in [0.2, 0.25) is 5.28 Å². The molecule has 7 nitrogen and oxygen atoms in total. The van der Waals surface area contributed by atoms with Gasteiger partial charge < -0.3 is 0 Å². The lowest BCUT2D eigenvalue weighted by Crippen LogP contribution is -2.25. The second-order valence-corrected chi connectivity index (χ2v) is 36.2. The first-order valence-electron chi connectivity index (χ1n) is 46.8. The predicted molar refractivity (Wildman–Crippen MR) is 561 cm³/mol. The fourth-order valence-electron chi connectivity index (χ4n) is 22.6. The van der Waals surface area contributed by atoms with E-state index in [4.69, 9.17) is 31.5 Å². The first-order valence-corrected chi connectivity index (χ1v) is 47.1. The second-order valence-electron chi connectivity index (χ2n) is 35.8. The number of fused-ring (bicyclic) bond motifs is 28. The van der Waals surface area contributed by atoms with Crippen LogP contribution >= 0.6 is 11.6 Å². The molecule has 5 aliphatic rings. The summed E-state index contributed by atoms with van der Waals surface area (Å²) in [7, 11) is 0. The van der Waals surface area contributed by atoms with Gasteiger partial charge >= 0.3 is 0 Å². The fraction of sp³-hybridized carbons (Fsp3) is 0.0233. The minimum Gasteiger partial charge on any atom is -0.277 e. The van der Waals surface area contributed by atoms with Crippen LogP contribution in [0.1, 0.15) is 55.6 Å². The van der Waals surface area contributed by atoms with Crippen LogP contribution in [0.5, 0.6) is 0 Å². The lowest BCUT2D eigenvalue weighted by Gasteiger charge is -2.30. The Morgan fingerprint density at radius 2 is 0.496 bits per heavy atom. The molecule has 28 rings (SSSR count). The highest BCUT2D eigenvalue weighted by Gasteiger charge is 2.54. The van der Waals surface area contributed by atoms with E-state index in [9.17, 15) is 0 Å². The van der Waals surface area contributed by atoms with Gasteiger partial charge in [-0.2, -0.15) is 19.9 Å². The topological polar surface area (TPSA) is 82.3 Å². The summed E-state index contributed by atoms with van der Waals surface area (Å²) < 4.78 is 2.31. The fourth-order valence-corrected chi connectivity index (χ4v) is 22.8. The summed E-state index contributed by atoms with van der Waals surface area (Å²) in [5.41, 5.74) is 46.0. The van der Waals surface area contributed by atoms with Crippen molar-refractivity contribution in [2.75, 3.05) is 0 Å². The quantitative estimate of drug-likeness (QED) is 0.128. The highest BCUT2D eigenvalue weighted by atomic mass is 35.5. The molecule has 0 saturated heterocycles. The van der Waals surface area contributed by atoms with Gasteiger partial charge in [0.1, 0.15) is 0 Å². The zero-order chi connectivity index (χ0) is 90.7. The standard InChI is InChI=1S/C64H40N4.C33H22ClN3.C32H20/c1-4-19-41(20-5-1)46-38-47(42-21-6-2-7-22-42)40-48(39-46)44-25-18-26-45(37-44)62-65-61(43-23-8-3-9-24-43)66-63(67-62)68-58-34-17-13-29-51(58)52-35-36-57-59(60(52)68)53-30-12-16-33-56(53)64(57)54-31-14-10-27-49(54)50-28-11-15-32-55(50)64;34-33-36-31(25-15-8-3-9-16-25)35-32(37-33)27-18-10-17-26(19-27)30-21-28(23-11-4-1-5-12-23)20-29(22-30)24-13-6-2-7-14-24;1-2-10-21-20(9-1)19-26-22(21)17-18-30-31(26)25-13-5-8-16-29(25)32(30)27-14-6-3-11-23(27)24-12-4-7-15-28(24)32/h1-40H;1-22H;1-18H,19H2. The number of aromatic nitrogens is 7. The summed E-state index contributed by atoms with van der Waals surface area (Å²) in [4.78, 5) is 29.7. The lowest BCUT2D eigenvalue weighted by atomic mass is 9.70. The Hall–Kier alpha value is -17.5. The van der Waals surface area contributed by atoms with E-state index in [-0.39, 0.29) is 10.7 Å². The first-order chi connectivity index (χ1) is 67.8. The average molecular weight is 1770 g/mol. The summed E-state index contributed by atoms with van der Waals surface area (Å²) in [6, 6.07) is 174. The maximum absolute atomic E-state index is 6.32. The van der Waals surface area contributed by atoms with Crippen molar-refractivity contribution in [1.82, 2.24) is 34.5 Å². The molecule has 5 aliphatic carbocycles. The third kappa shape index (κ3) is 13.2. The van der Waals surface area contributed by atoms with Crippen molar-refractivity contribution in [2.45, 2.75) is 17.3 Å². The van der Waals surface area contributed by atoms with Gasteiger partial charge in [-0.25, -0.2) is 9.97 Å². The van der Waals surface area contributed by atoms with Crippen molar-refractivity contribution in [3.8, 4) is 174 Å². The summed E-state index contributed by atoms with van der Waals surface area (Å²) in [6.45, 7) is 0. The van der Waals surface area contributed by atoms with Crippen LogP contribution in [-0.4, -0.2) is 34.5 Å². The zero-order valence-electron chi connectivity index (χ0n) is 74.4. The van der Waals surface area contributed by atoms with E-state index in [1.165, 1.54) is 134 Å². The van der Waals surface area contributed by atoms with Crippen molar-refractivity contribution in [3.05, 3.63) is 546 Å². The van der Waals surface area contributed by atoms with Crippen LogP contribution in [-0.2, 0) is 17.3 Å². The highest BCUT2D eigenvalue weighted by molar-refractivity contribution is 6.28. The van der Waals surface area contributed by atoms with Crippen molar-refractivity contribution in [1.29, 1.82) is 0 Å². The lowest BCUT2D eigenvalue weighted by molar-refractivity contribution is 0.793. The Morgan fingerprint density at radius 3 is 0.934 bits per heavy atom. The number of rotatable bonds is 11. The molecular weight excluding hydrogens is 1680 g/mol. The van der Waals surface area contributed by atoms with Crippen LogP contribution in [0.4, 0.5) is 0 Å². The van der Waals surface area contributed by atoms with Gasteiger partial charge in [0.25, 0.3) is 0 Å². The second kappa shape index (κ2) is 33.1. The minimum atomic E-state index is -0.493. The molecule has 3 heterocycles. The Morgan fingerprint density at radius 1 is 0.197 bits per heavy atom. The number of hydrogen-bond donors (Lipinski definition) is 0. The van der Waals surface area contributed by atoms with E-state index in [1.807, 2.05) is 72.8 Å². The van der Waals surface area contributed by atoms with Crippen LogP contribution in [0, 0.1) is 0 Å². The molecule has 20 aromatic carbocycles. The van der Waals surface area contributed by atoms with E-state index in [1.54, 1.807) is 0 Å². The molecule has 0 N–H and O–H groups in total. The Labute approximate surface area is 799 Å². The Bertz CT molecular complexity index is 8550. The molecule has 0 unspecified atom stereocenters. The van der Waals surface area contributed by atoms with Crippen molar-refractivity contribution >= 4 is 33.4 Å². The molecule has 0 aliphatic heterocycles. The third-order valence-electron chi connectivity index (χ3n) is 28.4. The maximum atomic E-state index is 6.32. The van der Waals surface area contributed by atoms with Crippen molar-refractivity contribution in [3.63, 3.8) is 0 Å². The number of halogens is 1. The maximum Gasteiger partial charge on any atom is 0.238 e. The molecule has 2 spiro atoms. The number of nitrogens with zero attached hydrogens (tertiary/aromatic N) is 7. The molecule has 3 aromatic heterocycles. The Balaban J connectivity index is 0.000000118. The van der Waals surface area contributed by atoms with Gasteiger partial charge in [-0.1, -0.05) is 431 Å². The summed E-state index contributed by atoms with van der Waals surface area (Å²) in [5, 5.41) is 2.48. The highest BCUT2D eigenvalue weighted by Crippen LogP contribution is 2.67. The van der Waals surface area contributed by atoms with Gasteiger partial charge in [-0.3, -0.25) is 4.57 Å². The summed E-state index contributed by atoms with van der Waals surface area (Å²) in [6.07, 6.45) is 1.02. The van der Waals surface area contributed by atoms with Gasteiger partial charge in [0.15, 0.2) is 23.3 Å². The van der Waals surface area contributed by atoms with E-state index >= 15 is 0 Å². The van der Waals surface area contributed by atoms with Crippen LogP contribution in [0.25, 0.3) is 196 Å². The molecule has 0 saturated carbocycles. The molecule has 0 fully saturated rings. The number of para-hydroxylation sites is 1. The molecule has 0 radical (unpaired) electrons. The van der Waals surface area contributed by atoms with Crippen molar-refractivity contribution < 1.29 is 0 Å². The van der Waals surface area contributed by atoms with Gasteiger partial charge in [-0.05, 0) is 245 Å². The molecule has 23 aromatic rings. The number of benzene rings is 20. The van der Waals surface area contributed by atoms with E-state index in [2.05, 4.69) is 427 Å². The molecular formula is C129H82ClN7. The molecule has 8 heteroatoms. The summed E-state index contributed by atoms with van der Waals surface area (Å²) >= 11 is 6.32. The van der Waals surface area contributed by atoms with Crippen molar-refractivity contribution in [2.24, 2.45) is 0 Å². The average Bonchev–Trinajstić information content (AvgIpc) is 1.49. The van der Waals surface area contributed by atoms with E-state index < -0.39 is 5.41 Å². The molecule has 137 heavy (non-hydrogen) atoms. The van der Waals surface area contributed by atoms with E-state index in [0.29, 0.717) is 29.2 Å². The third-order valence-corrected chi connectivity index (χ3v) is 28.6. The van der Waals surface area contributed by atoms with Crippen LogP contribution < -0.4 is 0 Å².